The minimum absolute atomic E-state index is 0.0961. The van der Waals surface area contributed by atoms with E-state index in [2.05, 4.69) is 39.2 Å². The molecule has 5 nitrogen and oxygen atoms in total. The van der Waals surface area contributed by atoms with Gasteiger partial charge in [-0.3, -0.25) is 4.90 Å². The lowest BCUT2D eigenvalue weighted by Crippen LogP contribution is -2.51. The van der Waals surface area contributed by atoms with Crippen LogP contribution in [0.1, 0.15) is 17.2 Å². The first-order valence-electron chi connectivity index (χ1n) is 10.6. The van der Waals surface area contributed by atoms with Gasteiger partial charge in [-0.25, -0.2) is 4.79 Å². The Morgan fingerprint density at radius 1 is 0.788 bits per heavy atom. The molecule has 1 heterocycles. The molecule has 33 heavy (non-hydrogen) atoms. The fourth-order valence-electron chi connectivity index (χ4n) is 4.01. The fourth-order valence-corrected chi connectivity index (χ4v) is 4.01. The largest absolute Gasteiger partial charge is 0.573 e. The number of nitrogens with one attached hydrogen (secondary N) is 1. The Hall–Kier alpha value is -3.52. The molecule has 0 bridgehead atoms. The zero-order valence-electron chi connectivity index (χ0n) is 17.8. The van der Waals surface area contributed by atoms with Gasteiger partial charge in [0.1, 0.15) is 5.75 Å². The van der Waals surface area contributed by atoms with Crippen LogP contribution in [0.5, 0.6) is 5.75 Å². The summed E-state index contributed by atoms with van der Waals surface area (Å²) in [5, 5.41) is 2.74. The van der Waals surface area contributed by atoms with E-state index < -0.39 is 6.36 Å². The van der Waals surface area contributed by atoms with E-state index in [9.17, 15) is 18.0 Å². The zero-order valence-corrected chi connectivity index (χ0v) is 17.8. The smallest absolute Gasteiger partial charge is 0.406 e. The van der Waals surface area contributed by atoms with E-state index >= 15 is 0 Å². The number of hydrogen-bond acceptors (Lipinski definition) is 3. The third-order valence-electron chi connectivity index (χ3n) is 5.54. The summed E-state index contributed by atoms with van der Waals surface area (Å²) in [6.07, 6.45) is -4.75. The van der Waals surface area contributed by atoms with Crippen molar-refractivity contribution < 1.29 is 22.7 Å². The maximum absolute atomic E-state index is 12.7. The predicted octanol–water partition coefficient (Wildman–Crippen LogP) is 5.52. The minimum atomic E-state index is -4.75. The summed E-state index contributed by atoms with van der Waals surface area (Å²) in [7, 11) is 0. The second-order valence-electron chi connectivity index (χ2n) is 7.75. The van der Waals surface area contributed by atoms with Crippen molar-refractivity contribution in [3.8, 4) is 5.75 Å². The maximum atomic E-state index is 12.7. The van der Waals surface area contributed by atoms with Crippen LogP contribution >= 0.6 is 0 Å². The first-order chi connectivity index (χ1) is 15.9. The zero-order chi connectivity index (χ0) is 23.3. The fraction of sp³-hybridized carbons (Fsp3) is 0.240. The molecule has 0 aromatic heterocycles. The number of alkyl halides is 3. The molecule has 1 N–H and O–H groups in total. The van der Waals surface area contributed by atoms with Crippen LogP contribution in [0.15, 0.2) is 84.9 Å². The highest BCUT2D eigenvalue weighted by molar-refractivity contribution is 5.89. The number of carbonyl (C=O) groups excluding carboxylic acids is 1. The summed E-state index contributed by atoms with van der Waals surface area (Å²) < 4.78 is 40.7. The van der Waals surface area contributed by atoms with Crippen LogP contribution in [-0.2, 0) is 0 Å². The monoisotopic (exact) mass is 455 g/mol. The van der Waals surface area contributed by atoms with Gasteiger partial charge >= 0.3 is 12.4 Å². The van der Waals surface area contributed by atoms with Crippen molar-refractivity contribution in [2.24, 2.45) is 0 Å². The number of benzene rings is 3. The van der Waals surface area contributed by atoms with Gasteiger partial charge in [0.15, 0.2) is 0 Å². The SMILES string of the molecule is O=C(Nc1ccc(OC(F)(F)F)cc1)N1CCN(C(c2ccccc2)c2ccccc2)CC1. The summed E-state index contributed by atoms with van der Waals surface area (Å²) in [5.74, 6) is -0.332. The number of piperazine rings is 1. The number of halogens is 3. The van der Waals surface area contributed by atoms with Gasteiger partial charge in [0, 0.05) is 31.9 Å². The van der Waals surface area contributed by atoms with Crippen molar-refractivity contribution in [2.75, 3.05) is 31.5 Å². The Balaban J connectivity index is 1.38. The minimum Gasteiger partial charge on any atom is -0.406 e. The van der Waals surface area contributed by atoms with Crippen LogP contribution in [-0.4, -0.2) is 48.4 Å². The Morgan fingerprint density at radius 2 is 1.30 bits per heavy atom. The van der Waals surface area contributed by atoms with Gasteiger partial charge in [0.25, 0.3) is 0 Å². The first-order valence-corrected chi connectivity index (χ1v) is 10.6. The highest BCUT2D eigenvalue weighted by Crippen LogP contribution is 2.29. The topological polar surface area (TPSA) is 44.8 Å². The first kappa shape index (κ1) is 22.7. The molecular weight excluding hydrogens is 431 g/mol. The van der Waals surface area contributed by atoms with Crippen LogP contribution < -0.4 is 10.1 Å². The van der Waals surface area contributed by atoms with E-state index in [0.717, 1.165) is 0 Å². The molecule has 1 fully saturated rings. The second-order valence-corrected chi connectivity index (χ2v) is 7.75. The standard InChI is InChI=1S/C25H24F3N3O2/c26-25(27,28)33-22-13-11-21(12-14-22)29-24(32)31-17-15-30(16-18-31)23(19-7-3-1-4-8-19)20-9-5-2-6-10-20/h1-14,23H,15-18H2,(H,29,32). The summed E-state index contributed by atoms with van der Waals surface area (Å²) in [4.78, 5) is 16.8. The molecule has 172 valence electrons. The quantitative estimate of drug-likeness (QED) is 0.551. The van der Waals surface area contributed by atoms with Crippen molar-refractivity contribution >= 4 is 11.7 Å². The van der Waals surface area contributed by atoms with Gasteiger partial charge in [0.05, 0.1) is 6.04 Å². The second kappa shape index (κ2) is 9.95. The lowest BCUT2D eigenvalue weighted by molar-refractivity contribution is -0.274. The van der Waals surface area contributed by atoms with Gasteiger partial charge in [-0.2, -0.15) is 0 Å². The number of urea groups is 1. The highest BCUT2D eigenvalue weighted by Gasteiger charge is 2.31. The molecule has 1 saturated heterocycles. The van der Waals surface area contributed by atoms with Crippen molar-refractivity contribution in [2.45, 2.75) is 12.4 Å². The van der Waals surface area contributed by atoms with E-state index in [1.165, 1.54) is 35.4 Å². The van der Waals surface area contributed by atoms with E-state index in [-0.39, 0.29) is 17.8 Å². The average molecular weight is 455 g/mol. The number of carbonyl (C=O) groups is 1. The van der Waals surface area contributed by atoms with Crippen molar-refractivity contribution in [3.63, 3.8) is 0 Å². The van der Waals surface area contributed by atoms with Crippen molar-refractivity contribution in [3.05, 3.63) is 96.1 Å². The molecule has 3 aromatic rings. The van der Waals surface area contributed by atoms with Crippen LogP contribution in [0.4, 0.5) is 23.7 Å². The summed E-state index contributed by atoms with van der Waals surface area (Å²) in [6.45, 7) is 2.47. The Morgan fingerprint density at radius 3 is 1.79 bits per heavy atom. The molecule has 1 aliphatic heterocycles. The van der Waals surface area contributed by atoms with Crippen LogP contribution in [0, 0.1) is 0 Å². The molecule has 0 unspecified atom stereocenters. The van der Waals surface area contributed by atoms with Gasteiger partial charge in [-0.05, 0) is 35.4 Å². The highest BCUT2D eigenvalue weighted by atomic mass is 19.4. The molecule has 0 aliphatic carbocycles. The predicted molar refractivity (Wildman–Crippen MR) is 120 cm³/mol. The van der Waals surface area contributed by atoms with Crippen LogP contribution in [0.25, 0.3) is 0 Å². The average Bonchev–Trinajstić information content (AvgIpc) is 2.81. The van der Waals surface area contributed by atoms with Gasteiger partial charge in [-0.15, -0.1) is 13.2 Å². The van der Waals surface area contributed by atoms with Crippen molar-refractivity contribution in [1.29, 1.82) is 0 Å². The van der Waals surface area contributed by atoms with E-state index in [1.54, 1.807) is 4.90 Å². The number of ether oxygens (including phenoxy) is 1. The summed E-state index contributed by atoms with van der Waals surface area (Å²) >= 11 is 0. The molecule has 1 aliphatic rings. The van der Waals surface area contributed by atoms with Gasteiger partial charge < -0.3 is 15.0 Å². The Bertz CT molecular complexity index is 997. The summed E-state index contributed by atoms with van der Waals surface area (Å²) in [5.41, 5.74) is 2.80. The summed E-state index contributed by atoms with van der Waals surface area (Å²) in [6, 6.07) is 25.5. The molecule has 8 heteroatoms. The van der Waals surface area contributed by atoms with Crippen molar-refractivity contribution in [1.82, 2.24) is 9.80 Å². The normalized spacial score (nSPS) is 14.8. The Kier molecular flexibility index (Phi) is 6.84. The van der Waals surface area contributed by atoms with E-state index in [4.69, 9.17) is 0 Å². The maximum Gasteiger partial charge on any atom is 0.573 e. The molecule has 4 rings (SSSR count). The van der Waals surface area contributed by atoms with Gasteiger partial charge in [0.2, 0.25) is 0 Å². The molecule has 0 saturated carbocycles. The molecule has 0 atom stereocenters. The molecular formula is C25H24F3N3O2. The lowest BCUT2D eigenvalue weighted by Gasteiger charge is -2.39. The third-order valence-corrected chi connectivity index (χ3v) is 5.54. The Labute approximate surface area is 190 Å². The third kappa shape index (κ3) is 6.04. The number of anilines is 1. The number of nitrogens with zero attached hydrogens (tertiary/aromatic N) is 2. The van der Waals surface area contributed by atoms with Crippen LogP contribution in [0.3, 0.4) is 0 Å². The molecule has 0 radical (unpaired) electrons. The molecule has 0 spiro atoms. The van der Waals surface area contributed by atoms with Gasteiger partial charge in [-0.1, -0.05) is 60.7 Å². The lowest BCUT2D eigenvalue weighted by atomic mass is 9.96. The van der Waals surface area contributed by atoms with E-state index in [1.807, 2.05) is 36.4 Å². The number of amides is 2. The number of rotatable bonds is 5. The van der Waals surface area contributed by atoms with E-state index in [0.29, 0.717) is 31.9 Å². The number of hydrogen-bond donors (Lipinski definition) is 1. The van der Waals surface area contributed by atoms with Crippen LogP contribution in [0.2, 0.25) is 0 Å². The molecule has 3 aromatic carbocycles. The molecule has 2 amide bonds.